The second-order valence-corrected chi connectivity index (χ2v) is 8.78. The van der Waals surface area contributed by atoms with Crippen molar-refractivity contribution >= 4 is 21.6 Å². The van der Waals surface area contributed by atoms with E-state index in [0.29, 0.717) is 25.1 Å². The van der Waals surface area contributed by atoms with E-state index in [0.717, 1.165) is 0 Å². The number of nitrogens with one attached hydrogen (secondary N) is 1. The summed E-state index contributed by atoms with van der Waals surface area (Å²) >= 11 is 0. The van der Waals surface area contributed by atoms with E-state index in [1.54, 1.807) is 12.1 Å². The van der Waals surface area contributed by atoms with Crippen LogP contribution in [-0.2, 0) is 19.6 Å². The number of pyridine rings is 1. The minimum atomic E-state index is -3.62. The van der Waals surface area contributed by atoms with Crippen molar-refractivity contribution in [3.05, 3.63) is 48.5 Å². The second-order valence-electron chi connectivity index (χ2n) is 6.84. The third kappa shape index (κ3) is 5.32. The van der Waals surface area contributed by atoms with Crippen molar-refractivity contribution in [2.75, 3.05) is 38.7 Å². The van der Waals surface area contributed by atoms with Crippen LogP contribution >= 0.6 is 0 Å². The Morgan fingerprint density at radius 1 is 1.27 bits per heavy atom. The van der Waals surface area contributed by atoms with E-state index in [1.807, 2.05) is 0 Å². The lowest BCUT2D eigenvalue weighted by Gasteiger charge is -2.30. The normalized spacial score (nSPS) is 15.7. The summed E-state index contributed by atoms with van der Waals surface area (Å²) in [5, 5.41) is 2.70. The molecule has 8 nitrogen and oxygen atoms in total. The number of benzene rings is 1. The number of hydrogen-bond donors (Lipinski definition) is 1. The van der Waals surface area contributed by atoms with Crippen molar-refractivity contribution in [2.45, 2.75) is 17.7 Å². The van der Waals surface area contributed by atoms with Crippen molar-refractivity contribution in [3.8, 4) is 5.75 Å². The van der Waals surface area contributed by atoms with Crippen molar-refractivity contribution in [1.29, 1.82) is 0 Å². The Morgan fingerprint density at radius 2 is 2.03 bits per heavy atom. The van der Waals surface area contributed by atoms with Crippen LogP contribution in [0.1, 0.15) is 12.8 Å². The van der Waals surface area contributed by atoms with E-state index >= 15 is 0 Å². The minimum absolute atomic E-state index is 0.0824. The fourth-order valence-electron chi connectivity index (χ4n) is 3.18. The summed E-state index contributed by atoms with van der Waals surface area (Å²) in [5.41, 5.74) is 0.321. The topological polar surface area (TPSA) is 97.8 Å². The number of carbonyl (C=O) groups excluding carboxylic acids is 1. The first-order chi connectivity index (χ1) is 14.4. The van der Waals surface area contributed by atoms with E-state index in [2.05, 4.69) is 10.3 Å². The molecule has 0 saturated carbocycles. The first-order valence-electron chi connectivity index (χ1n) is 9.54. The summed E-state index contributed by atoms with van der Waals surface area (Å²) in [6.45, 7) is 1.03. The lowest BCUT2D eigenvalue weighted by Crippen LogP contribution is -2.41. The summed E-state index contributed by atoms with van der Waals surface area (Å²) in [4.78, 5) is 16.5. The standard InChI is InChI=1S/C20H24FN3O5S/c1-28-11-12-29-19-5-4-16(13-18(19)21)23-20(25)15-6-9-24(10-7-15)30(26,27)17-3-2-8-22-14-17/h2-5,8,13-15H,6-7,9-12H2,1H3,(H,23,25). The fraction of sp³-hybridized carbons (Fsp3) is 0.400. The lowest BCUT2D eigenvalue weighted by atomic mass is 9.97. The van der Waals surface area contributed by atoms with Crippen LogP contribution in [0.3, 0.4) is 0 Å². The van der Waals surface area contributed by atoms with Crippen LogP contribution in [0.5, 0.6) is 5.75 Å². The third-order valence-electron chi connectivity index (χ3n) is 4.84. The molecule has 1 aromatic heterocycles. The number of amides is 1. The van der Waals surface area contributed by atoms with Crippen LogP contribution in [0.4, 0.5) is 10.1 Å². The Kier molecular flexibility index (Phi) is 7.35. The molecule has 2 heterocycles. The van der Waals surface area contributed by atoms with Gasteiger partial charge in [-0.2, -0.15) is 4.31 Å². The number of carbonyl (C=O) groups is 1. The molecule has 0 radical (unpaired) electrons. The molecular formula is C20H24FN3O5S. The van der Waals surface area contributed by atoms with Gasteiger partial charge in [-0.1, -0.05) is 0 Å². The predicted octanol–water partition coefficient (Wildman–Crippen LogP) is 2.29. The number of hydrogen-bond acceptors (Lipinski definition) is 6. The second kappa shape index (κ2) is 9.96. The number of sulfonamides is 1. The van der Waals surface area contributed by atoms with Crippen LogP contribution < -0.4 is 10.1 Å². The first kappa shape index (κ1) is 22.1. The Labute approximate surface area is 175 Å². The number of anilines is 1. The smallest absolute Gasteiger partial charge is 0.244 e. The average molecular weight is 437 g/mol. The Hall–Kier alpha value is -2.56. The van der Waals surface area contributed by atoms with E-state index in [4.69, 9.17) is 9.47 Å². The maximum absolute atomic E-state index is 14.1. The fourth-order valence-corrected chi connectivity index (χ4v) is 4.62. The molecule has 0 atom stereocenters. The van der Waals surface area contributed by atoms with Crippen LogP contribution in [0.15, 0.2) is 47.6 Å². The van der Waals surface area contributed by atoms with Crippen molar-refractivity contribution in [1.82, 2.24) is 9.29 Å². The number of halogens is 1. The molecule has 0 spiro atoms. The SMILES string of the molecule is COCCOc1ccc(NC(=O)C2CCN(S(=O)(=O)c3cccnc3)CC2)cc1F. The molecule has 0 aliphatic carbocycles. The molecule has 1 N–H and O–H groups in total. The van der Waals surface area contributed by atoms with E-state index < -0.39 is 15.8 Å². The van der Waals surface area contributed by atoms with Gasteiger partial charge < -0.3 is 14.8 Å². The van der Waals surface area contributed by atoms with Gasteiger partial charge in [0, 0.05) is 50.3 Å². The van der Waals surface area contributed by atoms with Gasteiger partial charge in [-0.3, -0.25) is 9.78 Å². The van der Waals surface area contributed by atoms with Crippen LogP contribution in [0.2, 0.25) is 0 Å². The summed E-state index contributed by atoms with van der Waals surface area (Å²) < 4.78 is 50.9. The summed E-state index contributed by atoms with van der Waals surface area (Å²) in [7, 11) is -2.10. The molecule has 1 saturated heterocycles. The van der Waals surface area contributed by atoms with Gasteiger partial charge in [0.15, 0.2) is 11.6 Å². The van der Waals surface area contributed by atoms with Crippen molar-refractivity contribution in [3.63, 3.8) is 0 Å². The van der Waals surface area contributed by atoms with Gasteiger partial charge in [0.1, 0.15) is 11.5 Å². The molecule has 1 aliphatic heterocycles. The maximum atomic E-state index is 14.1. The molecule has 1 amide bonds. The van der Waals surface area contributed by atoms with E-state index in [1.165, 1.54) is 42.0 Å². The first-order valence-corrected chi connectivity index (χ1v) is 11.0. The highest BCUT2D eigenvalue weighted by atomic mass is 32.2. The number of piperidine rings is 1. The van der Waals surface area contributed by atoms with Gasteiger partial charge >= 0.3 is 0 Å². The quantitative estimate of drug-likeness (QED) is 0.637. The third-order valence-corrected chi connectivity index (χ3v) is 6.72. The molecule has 1 aliphatic rings. The monoisotopic (exact) mass is 437 g/mol. The number of aromatic nitrogens is 1. The Morgan fingerprint density at radius 3 is 2.67 bits per heavy atom. The molecule has 1 fully saturated rings. The van der Waals surface area contributed by atoms with Gasteiger partial charge in [0.05, 0.1) is 6.61 Å². The zero-order valence-electron chi connectivity index (χ0n) is 16.6. The minimum Gasteiger partial charge on any atom is -0.488 e. The zero-order valence-corrected chi connectivity index (χ0v) is 17.4. The largest absolute Gasteiger partial charge is 0.488 e. The molecule has 0 unspecified atom stereocenters. The van der Waals surface area contributed by atoms with Gasteiger partial charge in [0.2, 0.25) is 15.9 Å². The van der Waals surface area contributed by atoms with Crippen LogP contribution in [0.25, 0.3) is 0 Å². The Balaban J connectivity index is 1.55. The van der Waals surface area contributed by atoms with Crippen molar-refractivity contribution in [2.24, 2.45) is 5.92 Å². The van der Waals surface area contributed by atoms with Gasteiger partial charge in [-0.25, -0.2) is 12.8 Å². The average Bonchev–Trinajstić information content (AvgIpc) is 2.76. The maximum Gasteiger partial charge on any atom is 0.244 e. The molecule has 2 aromatic rings. The van der Waals surface area contributed by atoms with Gasteiger partial charge in [0.25, 0.3) is 0 Å². The van der Waals surface area contributed by atoms with Gasteiger partial charge in [-0.15, -0.1) is 0 Å². The summed E-state index contributed by atoms with van der Waals surface area (Å²) in [6, 6.07) is 7.27. The number of nitrogens with zero attached hydrogens (tertiary/aromatic N) is 2. The van der Waals surface area contributed by atoms with E-state index in [-0.39, 0.29) is 42.2 Å². The molecule has 0 bridgehead atoms. The summed E-state index contributed by atoms with van der Waals surface area (Å²) in [5.74, 6) is -1.12. The number of methoxy groups -OCH3 is 1. The van der Waals surface area contributed by atoms with Crippen molar-refractivity contribution < 1.29 is 27.1 Å². The highest BCUT2D eigenvalue weighted by molar-refractivity contribution is 7.89. The van der Waals surface area contributed by atoms with E-state index in [9.17, 15) is 17.6 Å². The molecular weight excluding hydrogens is 413 g/mol. The van der Waals surface area contributed by atoms with Crippen LogP contribution in [0, 0.1) is 11.7 Å². The Bertz CT molecular complexity index is 964. The van der Waals surface area contributed by atoms with Gasteiger partial charge in [-0.05, 0) is 37.1 Å². The highest BCUT2D eigenvalue weighted by Crippen LogP contribution is 2.26. The molecule has 3 rings (SSSR count). The number of rotatable bonds is 8. The summed E-state index contributed by atoms with van der Waals surface area (Å²) in [6.07, 6.45) is 3.58. The van der Waals surface area contributed by atoms with Crippen LogP contribution in [-0.4, -0.2) is 57.0 Å². The molecule has 162 valence electrons. The molecule has 1 aromatic carbocycles. The number of ether oxygens (including phenoxy) is 2. The highest BCUT2D eigenvalue weighted by Gasteiger charge is 2.32. The zero-order chi connectivity index (χ0) is 21.6. The lowest BCUT2D eigenvalue weighted by molar-refractivity contribution is -0.120. The predicted molar refractivity (Wildman–Crippen MR) is 108 cm³/mol. The molecule has 30 heavy (non-hydrogen) atoms. The molecule has 10 heteroatoms.